The summed E-state index contributed by atoms with van der Waals surface area (Å²) >= 11 is 3.52. The van der Waals surface area contributed by atoms with E-state index in [1.807, 2.05) is 48.5 Å². The fourth-order valence-electron chi connectivity index (χ4n) is 2.44. The zero-order valence-corrected chi connectivity index (χ0v) is 13.0. The number of para-hydroxylation sites is 1. The van der Waals surface area contributed by atoms with Crippen molar-refractivity contribution in [3.8, 4) is 5.75 Å². The number of pyridine rings is 1. The summed E-state index contributed by atoms with van der Waals surface area (Å²) in [5.74, 6) is 0.664. The summed E-state index contributed by atoms with van der Waals surface area (Å²) < 4.78 is 6.29. The molecule has 0 amide bonds. The third-order valence-electron chi connectivity index (χ3n) is 3.48. The van der Waals surface area contributed by atoms with Crippen LogP contribution >= 0.6 is 15.9 Å². The third kappa shape index (κ3) is 2.52. The van der Waals surface area contributed by atoms with Crippen molar-refractivity contribution in [2.24, 2.45) is 0 Å². The zero-order chi connectivity index (χ0) is 14.8. The predicted molar refractivity (Wildman–Crippen MR) is 86.5 cm³/mol. The molecule has 0 radical (unpaired) electrons. The summed E-state index contributed by atoms with van der Waals surface area (Å²) in [6, 6.07) is 15.1. The Morgan fingerprint density at radius 2 is 1.86 bits per heavy atom. The van der Waals surface area contributed by atoms with Crippen molar-refractivity contribution >= 4 is 26.8 Å². The Balaban J connectivity index is 2.18. The van der Waals surface area contributed by atoms with E-state index >= 15 is 0 Å². The van der Waals surface area contributed by atoms with Gasteiger partial charge in [0.15, 0.2) is 0 Å². The zero-order valence-electron chi connectivity index (χ0n) is 11.5. The minimum atomic E-state index is -0.786. The van der Waals surface area contributed by atoms with Crippen LogP contribution in [0.1, 0.15) is 17.2 Å². The number of aliphatic hydroxyl groups is 1. The second-order valence-electron chi connectivity index (χ2n) is 4.68. The second kappa shape index (κ2) is 5.84. The number of methoxy groups -OCH3 is 1. The summed E-state index contributed by atoms with van der Waals surface area (Å²) in [6.07, 6.45) is 0.944. The molecule has 1 aromatic heterocycles. The highest BCUT2D eigenvalue weighted by molar-refractivity contribution is 9.10. The Kier molecular flexibility index (Phi) is 3.90. The Labute approximate surface area is 131 Å². The second-order valence-corrected chi connectivity index (χ2v) is 5.54. The first kappa shape index (κ1) is 14.0. The predicted octanol–water partition coefficient (Wildman–Crippen LogP) is 4.09. The molecule has 3 aromatic rings. The highest BCUT2D eigenvalue weighted by Gasteiger charge is 2.18. The number of halogens is 1. The first-order chi connectivity index (χ1) is 10.2. The van der Waals surface area contributed by atoms with Crippen molar-refractivity contribution in [2.75, 3.05) is 7.11 Å². The van der Waals surface area contributed by atoms with Crippen LogP contribution in [0, 0.1) is 0 Å². The third-order valence-corrected chi connectivity index (χ3v) is 4.17. The molecule has 1 N–H and O–H groups in total. The number of hydrogen-bond acceptors (Lipinski definition) is 3. The molecular formula is C17H14BrNO2. The van der Waals surface area contributed by atoms with E-state index in [-0.39, 0.29) is 0 Å². The molecule has 21 heavy (non-hydrogen) atoms. The largest absolute Gasteiger partial charge is 0.496 e. The number of fused-ring (bicyclic) bond motifs is 1. The van der Waals surface area contributed by atoms with Crippen LogP contribution in [0.3, 0.4) is 0 Å². The average molecular weight is 344 g/mol. The van der Waals surface area contributed by atoms with Crippen molar-refractivity contribution < 1.29 is 9.84 Å². The van der Waals surface area contributed by atoms with E-state index in [1.165, 1.54) is 0 Å². The molecule has 1 atom stereocenters. The van der Waals surface area contributed by atoms with Gasteiger partial charge in [-0.25, -0.2) is 0 Å². The van der Waals surface area contributed by atoms with Crippen LogP contribution < -0.4 is 4.74 Å². The monoisotopic (exact) mass is 343 g/mol. The van der Waals surface area contributed by atoms with Gasteiger partial charge in [-0.2, -0.15) is 0 Å². The minimum Gasteiger partial charge on any atom is -0.496 e. The maximum Gasteiger partial charge on any atom is 0.125 e. The number of aliphatic hydroxyl groups excluding tert-OH is 1. The van der Waals surface area contributed by atoms with E-state index in [2.05, 4.69) is 20.9 Å². The lowest BCUT2D eigenvalue weighted by Crippen LogP contribution is -2.04. The van der Waals surface area contributed by atoms with Gasteiger partial charge in [0.05, 0.1) is 12.6 Å². The molecule has 3 nitrogen and oxygen atoms in total. The van der Waals surface area contributed by atoms with E-state index < -0.39 is 6.10 Å². The molecule has 0 spiro atoms. The summed E-state index contributed by atoms with van der Waals surface area (Å²) in [5.41, 5.74) is 2.28. The highest BCUT2D eigenvalue weighted by atomic mass is 79.9. The van der Waals surface area contributed by atoms with Crippen LogP contribution in [-0.4, -0.2) is 17.2 Å². The molecule has 1 heterocycles. The Morgan fingerprint density at radius 3 is 2.67 bits per heavy atom. The van der Waals surface area contributed by atoms with Gasteiger partial charge in [-0.15, -0.1) is 0 Å². The van der Waals surface area contributed by atoms with E-state index in [4.69, 9.17) is 4.74 Å². The van der Waals surface area contributed by atoms with Gasteiger partial charge in [-0.05, 0) is 18.2 Å². The molecule has 2 aromatic carbocycles. The van der Waals surface area contributed by atoms with Gasteiger partial charge in [0.1, 0.15) is 11.9 Å². The van der Waals surface area contributed by atoms with Gasteiger partial charge in [-0.1, -0.05) is 46.3 Å². The van der Waals surface area contributed by atoms with Crippen molar-refractivity contribution in [1.29, 1.82) is 0 Å². The van der Waals surface area contributed by atoms with E-state index in [0.29, 0.717) is 5.75 Å². The topological polar surface area (TPSA) is 42.4 Å². The van der Waals surface area contributed by atoms with Gasteiger partial charge in [-0.3, -0.25) is 4.98 Å². The molecule has 0 saturated carbocycles. The molecule has 1 unspecified atom stereocenters. The normalized spacial score (nSPS) is 12.3. The number of benzene rings is 2. The van der Waals surface area contributed by atoms with Gasteiger partial charge in [0.2, 0.25) is 0 Å². The van der Waals surface area contributed by atoms with Crippen LogP contribution in [0.15, 0.2) is 59.2 Å². The number of ether oxygens (including phenoxy) is 1. The lowest BCUT2D eigenvalue weighted by molar-refractivity contribution is 0.216. The molecule has 0 aliphatic rings. The van der Waals surface area contributed by atoms with Crippen LogP contribution in [0.25, 0.3) is 10.9 Å². The maximum absolute atomic E-state index is 10.8. The smallest absolute Gasteiger partial charge is 0.125 e. The van der Waals surface area contributed by atoms with Crippen molar-refractivity contribution in [3.63, 3.8) is 0 Å². The molecule has 0 bridgehead atoms. The lowest BCUT2D eigenvalue weighted by atomic mass is 9.98. The van der Waals surface area contributed by atoms with Gasteiger partial charge in [0, 0.05) is 27.2 Å². The minimum absolute atomic E-state index is 0.664. The van der Waals surface area contributed by atoms with Crippen LogP contribution in [0.4, 0.5) is 0 Å². The first-order valence-electron chi connectivity index (χ1n) is 6.56. The standard InChI is InChI=1S/C17H14BrNO2/c1-21-15-7-3-2-5-12(15)17(20)13-8-9-14(18)11-6-4-10-19-16(11)13/h2-10,17,20H,1H3. The number of nitrogens with zero attached hydrogens (tertiary/aromatic N) is 1. The van der Waals surface area contributed by atoms with Crippen LogP contribution in [0.5, 0.6) is 5.75 Å². The molecule has 0 aliphatic carbocycles. The average Bonchev–Trinajstić information content (AvgIpc) is 2.55. The summed E-state index contributed by atoms with van der Waals surface area (Å²) in [4.78, 5) is 4.41. The van der Waals surface area contributed by atoms with Crippen LogP contribution in [0.2, 0.25) is 0 Å². The van der Waals surface area contributed by atoms with Crippen molar-refractivity contribution in [1.82, 2.24) is 4.98 Å². The Morgan fingerprint density at radius 1 is 1.05 bits per heavy atom. The highest BCUT2D eigenvalue weighted by Crippen LogP contribution is 2.34. The molecule has 0 saturated heterocycles. The van der Waals surface area contributed by atoms with Gasteiger partial charge >= 0.3 is 0 Å². The lowest BCUT2D eigenvalue weighted by Gasteiger charge is -2.16. The molecule has 106 valence electrons. The SMILES string of the molecule is COc1ccccc1C(O)c1ccc(Br)c2cccnc12. The number of rotatable bonds is 3. The Hall–Kier alpha value is -1.91. The Bertz CT molecular complexity index is 789. The van der Waals surface area contributed by atoms with E-state index in [0.717, 1.165) is 26.5 Å². The molecule has 0 fully saturated rings. The van der Waals surface area contributed by atoms with Gasteiger partial charge < -0.3 is 9.84 Å². The molecule has 3 rings (SSSR count). The quantitative estimate of drug-likeness (QED) is 0.778. The number of aromatic nitrogens is 1. The van der Waals surface area contributed by atoms with Crippen LogP contribution in [-0.2, 0) is 0 Å². The fourth-order valence-corrected chi connectivity index (χ4v) is 2.89. The first-order valence-corrected chi connectivity index (χ1v) is 7.36. The van der Waals surface area contributed by atoms with Crippen molar-refractivity contribution in [3.05, 3.63) is 70.3 Å². The van der Waals surface area contributed by atoms with Crippen molar-refractivity contribution in [2.45, 2.75) is 6.10 Å². The summed E-state index contributed by atoms with van der Waals surface area (Å²) in [5, 5.41) is 11.7. The summed E-state index contributed by atoms with van der Waals surface area (Å²) in [7, 11) is 1.60. The number of hydrogen-bond donors (Lipinski definition) is 1. The van der Waals surface area contributed by atoms with E-state index in [9.17, 15) is 5.11 Å². The fraction of sp³-hybridized carbons (Fsp3) is 0.118. The molecule has 4 heteroatoms. The molecular weight excluding hydrogens is 330 g/mol. The maximum atomic E-state index is 10.8. The van der Waals surface area contributed by atoms with E-state index in [1.54, 1.807) is 13.3 Å². The molecule has 0 aliphatic heterocycles. The summed E-state index contributed by atoms with van der Waals surface area (Å²) in [6.45, 7) is 0. The van der Waals surface area contributed by atoms with Gasteiger partial charge in [0.25, 0.3) is 0 Å².